The molecule has 32 heavy (non-hydrogen) atoms. The maximum atomic E-state index is 13.5. The highest BCUT2D eigenvalue weighted by molar-refractivity contribution is 7.89. The Morgan fingerprint density at radius 3 is 2.59 bits per heavy atom. The zero-order chi connectivity index (χ0) is 22.9. The molecule has 4 aromatic rings. The summed E-state index contributed by atoms with van der Waals surface area (Å²) >= 11 is 6.18. The van der Waals surface area contributed by atoms with E-state index in [1.807, 2.05) is 0 Å². The van der Waals surface area contributed by atoms with Gasteiger partial charge in [-0.1, -0.05) is 17.7 Å². The number of nitrogens with one attached hydrogen (secondary N) is 1. The van der Waals surface area contributed by atoms with Crippen LogP contribution in [0.2, 0.25) is 5.02 Å². The minimum absolute atomic E-state index is 0.0408. The van der Waals surface area contributed by atoms with Crippen LogP contribution in [0.15, 0.2) is 75.0 Å². The molecule has 0 atom stereocenters. The van der Waals surface area contributed by atoms with Crippen LogP contribution in [-0.4, -0.2) is 24.8 Å². The van der Waals surface area contributed by atoms with Crippen LogP contribution in [0, 0.1) is 6.92 Å². The minimum Gasteiger partial charge on any atom is -0.497 e. The summed E-state index contributed by atoms with van der Waals surface area (Å²) in [5.74, 6) is 1.06. The third kappa shape index (κ3) is 4.43. The number of H-pyrrole nitrogens is 1. The van der Waals surface area contributed by atoms with E-state index >= 15 is 0 Å². The smallest absolute Gasteiger partial charge is 0.252 e. The predicted octanol–water partition coefficient (Wildman–Crippen LogP) is 4.48. The molecule has 0 unspecified atom stereocenters. The molecule has 0 spiro atoms. The first-order chi connectivity index (χ1) is 15.3. The monoisotopic (exact) mass is 472 g/mol. The number of fused-ring (bicyclic) bond motifs is 1. The Kier molecular flexibility index (Phi) is 6.10. The summed E-state index contributed by atoms with van der Waals surface area (Å²) in [6, 6.07) is 14.9. The molecule has 0 amide bonds. The van der Waals surface area contributed by atoms with Crippen LogP contribution in [-0.2, 0) is 23.1 Å². The molecule has 2 aromatic carbocycles. The van der Waals surface area contributed by atoms with Crippen molar-refractivity contribution in [1.29, 1.82) is 0 Å². The number of aromatic nitrogens is 1. The minimum atomic E-state index is -3.98. The van der Waals surface area contributed by atoms with Crippen molar-refractivity contribution in [3.63, 3.8) is 0 Å². The quantitative estimate of drug-likeness (QED) is 0.428. The molecular weight excluding hydrogens is 452 g/mol. The third-order valence-electron chi connectivity index (χ3n) is 5.17. The highest BCUT2D eigenvalue weighted by Gasteiger charge is 2.27. The number of methoxy groups -OCH3 is 1. The maximum Gasteiger partial charge on any atom is 0.252 e. The van der Waals surface area contributed by atoms with Gasteiger partial charge in [0.2, 0.25) is 10.0 Å². The molecule has 4 rings (SSSR count). The molecule has 0 bridgehead atoms. The van der Waals surface area contributed by atoms with Crippen molar-refractivity contribution in [2.24, 2.45) is 0 Å². The summed E-state index contributed by atoms with van der Waals surface area (Å²) < 4.78 is 38.7. The molecular formula is C23H21ClN2O5S. The fourth-order valence-electron chi connectivity index (χ4n) is 3.35. The molecule has 9 heteroatoms. The van der Waals surface area contributed by atoms with E-state index < -0.39 is 10.0 Å². The number of furan rings is 1. The Bertz CT molecular complexity index is 1430. The Morgan fingerprint density at radius 1 is 1.09 bits per heavy atom. The van der Waals surface area contributed by atoms with E-state index in [1.165, 1.54) is 22.7 Å². The van der Waals surface area contributed by atoms with Crippen LogP contribution >= 0.6 is 11.6 Å². The Balaban J connectivity index is 1.76. The molecule has 0 aliphatic heterocycles. The molecule has 2 heterocycles. The van der Waals surface area contributed by atoms with Crippen LogP contribution in [0.25, 0.3) is 10.9 Å². The van der Waals surface area contributed by atoms with Gasteiger partial charge in [-0.3, -0.25) is 4.79 Å². The van der Waals surface area contributed by atoms with Gasteiger partial charge in [-0.2, -0.15) is 4.31 Å². The number of aryl methyl sites for hydroxylation is 1. The van der Waals surface area contributed by atoms with Gasteiger partial charge in [-0.25, -0.2) is 8.42 Å². The lowest BCUT2D eigenvalue weighted by molar-refractivity contribution is 0.357. The summed E-state index contributed by atoms with van der Waals surface area (Å²) in [5.41, 5.74) is 1.29. The van der Waals surface area contributed by atoms with Crippen molar-refractivity contribution in [1.82, 2.24) is 9.29 Å². The zero-order valence-electron chi connectivity index (χ0n) is 17.5. The first kappa shape index (κ1) is 22.1. The van der Waals surface area contributed by atoms with E-state index in [0.29, 0.717) is 27.6 Å². The lowest BCUT2D eigenvalue weighted by atomic mass is 10.1. The molecule has 0 saturated heterocycles. The Hall–Kier alpha value is -3.07. The summed E-state index contributed by atoms with van der Waals surface area (Å²) in [6.07, 6.45) is 1.47. The standard InChI is InChI=1S/C23H21ClN2O5S/c1-15-5-8-20(12-21(15)24)32(28,29)26(14-19-4-3-9-31-19)13-17-10-16-6-7-18(30-2)11-22(16)25-23(17)27/h3-12H,13-14H2,1-2H3,(H,25,27). The predicted molar refractivity (Wildman–Crippen MR) is 122 cm³/mol. The summed E-state index contributed by atoms with van der Waals surface area (Å²) in [5, 5.41) is 1.11. The van der Waals surface area contributed by atoms with Gasteiger partial charge < -0.3 is 14.1 Å². The lowest BCUT2D eigenvalue weighted by Crippen LogP contribution is -2.32. The number of halogens is 1. The Morgan fingerprint density at radius 2 is 1.91 bits per heavy atom. The fourth-order valence-corrected chi connectivity index (χ4v) is 5.00. The van der Waals surface area contributed by atoms with Gasteiger partial charge in [0.25, 0.3) is 5.56 Å². The van der Waals surface area contributed by atoms with Gasteiger partial charge in [0.05, 0.1) is 30.3 Å². The van der Waals surface area contributed by atoms with E-state index in [0.717, 1.165) is 10.9 Å². The molecule has 0 aliphatic rings. The second kappa shape index (κ2) is 8.82. The van der Waals surface area contributed by atoms with Crippen molar-refractivity contribution in [3.8, 4) is 5.75 Å². The molecule has 0 saturated carbocycles. The van der Waals surface area contributed by atoms with Gasteiger partial charge in [0.1, 0.15) is 11.5 Å². The van der Waals surface area contributed by atoms with Crippen LogP contribution in [0.3, 0.4) is 0 Å². The Labute approximate surface area is 190 Å². The van der Waals surface area contributed by atoms with Crippen LogP contribution < -0.4 is 10.3 Å². The second-order valence-electron chi connectivity index (χ2n) is 7.34. The largest absolute Gasteiger partial charge is 0.497 e. The van der Waals surface area contributed by atoms with Crippen molar-refractivity contribution in [2.45, 2.75) is 24.9 Å². The van der Waals surface area contributed by atoms with Crippen molar-refractivity contribution >= 4 is 32.5 Å². The van der Waals surface area contributed by atoms with E-state index in [1.54, 1.807) is 56.5 Å². The SMILES string of the molecule is COc1ccc2cc(CN(Cc3ccco3)S(=O)(=O)c3ccc(C)c(Cl)c3)c(=O)[nH]c2c1. The first-order valence-electron chi connectivity index (χ1n) is 9.76. The topological polar surface area (TPSA) is 92.6 Å². The molecule has 0 fully saturated rings. The number of hydrogen-bond acceptors (Lipinski definition) is 5. The van der Waals surface area contributed by atoms with Crippen LogP contribution in [0.4, 0.5) is 0 Å². The van der Waals surface area contributed by atoms with Gasteiger partial charge in [-0.15, -0.1) is 0 Å². The number of aromatic amines is 1. The van der Waals surface area contributed by atoms with Crippen LogP contribution in [0.5, 0.6) is 5.75 Å². The highest BCUT2D eigenvalue weighted by Crippen LogP contribution is 2.26. The normalized spacial score (nSPS) is 11.9. The van der Waals surface area contributed by atoms with E-state index in [2.05, 4.69) is 4.98 Å². The number of ether oxygens (including phenoxy) is 1. The first-order valence-corrected chi connectivity index (χ1v) is 11.6. The van der Waals surface area contributed by atoms with E-state index in [4.69, 9.17) is 20.8 Å². The number of rotatable bonds is 7. The van der Waals surface area contributed by atoms with E-state index in [-0.39, 0.29) is 23.5 Å². The van der Waals surface area contributed by atoms with E-state index in [9.17, 15) is 13.2 Å². The number of benzene rings is 2. The van der Waals surface area contributed by atoms with Crippen molar-refractivity contribution in [3.05, 3.63) is 93.1 Å². The lowest BCUT2D eigenvalue weighted by Gasteiger charge is -2.21. The number of nitrogens with zero attached hydrogens (tertiary/aromatic N) is 1. The van der Waals surface area contributed by atoms with Gasteiger partial charge >= 0.3 is 0 Å². The molecule has 2 aromatic heterocycles. The summed E-state index contributed by atoms with van der Waals surface area (Å²) in [7, 11) is -2.44. The van der Waals surface area contributed by atoms with Crippen LogP contribution in [0.1, 0.15) is 16.9 Å². The number of hydrogen-bond donors (Lipinski definition) is 1. The zero-order valence-corrected chi connectivity index (χ0v) is 19.0. The second-order valence-corrected chi connectivity index (χ2v) is 9.69. The number of sulfonamides is 1. The van der Waals surface area contributed by atoms with Gasteiger partial charge in [-0.05, 0) is 60.3 Å². The average molecular weight is 473 g/mol. The van der Waals surface area contributed by atoms with Gasteiger partial charge in [0.15, 0.2) is 0 Å². The van der Waals surface area contributed by atoms with Crippen molar-refractivity contribution < 1.29 is 17.6 Å². The molecule has 7 nitrogen and oxygen atoms in total. The molecule has 0 aliphatic carbocycles. The van der Waals surface area contributed by atoms with Gasteiger partial charge in [0, 0.05) is 23.2 Å². The fraction of sp³-hybridized carbons (Fsp3) is 0.174. The average Bonchev–Trinajstić information content (AvgIpc) is 3.28. The molecule has 0 radical (unpaired) electrons. The molecule has 166 valence electrons. The molecule has 1 N–H and O–H groups in total. The summed E-state index contributed by atoms with van der Waals surface area (Å²) in [4.78, 5) is 15.6. The highest BCUT2D eigenvalue weighted by atomic mass is 35.5. The maximum absolute atomic E-state index is 13.5. The summed E-state index contributed by atoms with van der Waals surface area (Å²) in [6.45, 7) is 1.61. The van der Waals surface area contributed by atoms with Crippen molar-refractivity contribution in [2.75, 3.05) is 7.11 Å². The number of pyridine rings is 1. The third-order valence-corrected chi connectivity index (χ3v) is 7.36.